The molecule has 0 aliphatic heterocycles. The van der Waals surface area contributed by atoms with Crippen molar-refractivity contribution in [3.8, 4) is 0 Å². The number of rotatable bonds is 14. The van der Waals surface area contributed by atoms with Crippen molar-refractivity contribution in [2.75, 3.05) is 32.8 Å². The van der Waals surface area contributed by atoms with Crippen LogP contribution in [-0.2, 0) is 9.53 Å². The van der Waals surface area contributed by atoms with Gasteiger partial charge in [0.05, 0.1) is 6.61 Å². The number of esters is 1. The van der Waals surface area contributed by atoms with Gasteiger partial charge in [-0.3, -0.25) is 4.79 Å². The number of carbonyl (C=O) groups excluding carboxylic acids is 1. The lowest BCUT2D eigenvalue weighted by Crippen LogP contribution is -2.28. The summed E-state index contributed by atoms with van der Waals surface area (Å²) in [5, 5.41) is 8.97. The molecule has 1 atom stereocenters. The first-order valence-electron chi connectivity index (χ1n) is 9.77. The molecule has 1 unspecified atom stereocenters. The van der Waals surface area contributed by atoms with Crippen molar-refractivity contribution in [2.45, 2.75) is 79.6 Å². The molecule has 0 aromatic carbocycles. The summed E-state index contributed by atoms with van der Waals surface area (Å²) in [7, 11) is 0. The number of hydrogen-bond donors (Lipinski definition) is 1. The second-order valence-corrected chi connectivity index (χ2v) is 8.27. The molecule has 4 nitrogen and oxygen atoms in total. The van der Waals surface area contributed by atoms with Crippen LogP contribution in [0.4, 0.5) is 0 Å². The molecule has 0 aromatic heterocycles. The summed E-state index contributed by atoms with van der Waals surface area (Å²) in [6.07, 6.45) is 6.76. The highest BCUT2D eigenvalue weighted by atomic mass is 16.5. The van der Waals surface area contributed by atoms with E-state index < -0.39 is 0 Å². The molecule has 0 heterocycles. The molecule has 0 bridgehead atoms. The molecule has 4 heteroatoms. The van der Waals surface area contributed by atoms with Crippen molar-refractivity contribution in [3.05, 3.63) is 0 Å². The van der Waals surface area contributed by atoms with Gasteiger partial charge in [-0.25, -0.2) is 0 Å². The normalized spacial score (nSPS) is 13.3. The molecule has 1 N–H and O–H groups in total. The Kier molecular flexibility index (Phi) is 13.3. The molecular formula is C20H41NO3. The minimum atomic E-state index is -0.0603. The summed E-state index contributed by atoms with van der Waals surface area (Å²) in [5.41, 5.74) is 0.260. The van der Waals surface area contributed by atoms with Crippen LogP contribution in [0.2, 0.25) is 0 Å². The van der Waals surface area contributed by atoms with Crippen molar-refractivity contribution in [3.63, 3.8) is 0 Å². The van der Waals surface area contributed by atoms with Gasteiger partial charge in [-0.15, -0.1) is 0 Å². The van der Waals surface area contributed by atoms with Crippen LogP contribution in [0.5, 0.6) is 0 Å². The number of unbranched alkanes of at least 4 members (excludes halogenated alkanes) is 2. The standard InChI is InChI=1S/C20H41NO3/c1-6-7-11-21(13-10-14-22)12-8-9-15-24-19(23)16-18(2)17-20(3,4)5/h18,22H,6-17H2,1-5H3. The first kappa shape index (κ1) is 23.4. The zero-order valence-corrected chi connectivity index (χ0v) is 16.8. The summed E-state index contributed by atoms with van der Waals surface area (Å²) in [4.78, 5) is 14.3. The van der Waals surface area contributed by atoms with Crippen LogP contribution in [0.3, 0.4) is 0 Å². The Balaban J connectivity index is 3.79. The van der Waals surface area contributed by atoms with E-state index in [9.17, 15) is 4.79 Å². The molecule has 0 rings (SSSR count). The second kappa shape index (κ2) is 13.7. The smallest absolute Gasteiger partial charge is 0.306 e. The molecular weight excluding hydrogens is 302 g/mol. The fraction of sp³-hybridized carbons (Fsp3) is 0.950. The van der Waals surface area contributed by atoms with Crippen molar-refractivity contribution in [2.24, 2.45) is 11.3 Å². The quantitative estimate of drug-likeness (QED) is 0.378. The minimum absolute atomic E-state index is 0.0603. The number of hydrogen-bond acceptors (Lipinski definition) is 4. The van der Waals surface area contributed by atoms with Crippen LogP contribution in [-0.4, -0.2) is 48.8 Å². The Morgan fingerprint density at radius 1 is 1.08 bits per heavy atom. The number of ether oxygens (including phenoxy) is 1. The Labute approximate surface area is 150 Å². The van der Waals surface area contributed by atoms with E-state index in [1.807, 2.05) is 0 Å². The molecule has 0 saturated carbocycles. The molecule has 0 spiro atoms. The maximum Gasteiger partial charge on any atom is 0.306 e. The van der Waals surface area contributed by atoms with Gasteiger partial charge in [-0.2, -0.15) is 0 Å². The van der Waals surface area contributed by atoms with Crippen LogP contribution < -0.4 is 0 Å². The third-order valence-electron chi connectivity index (χ3n) is 4.07. The summed E-state index contributed by atoms with van der Waals surface area (Å²) < 4.78 is 5.37. The van der Waals surface area contributed by atoms with E-state index >= 15 is 0 Å². The second-order valence-electron chi connectivity index (χ2n) is 8.27. The molecule has 0 saturated heterocycles. The number of carbonyl (C=O) groups is 1. The third-order valence-corrected chi connectivity index (χ3v) is 4.07. The van der Waals surface area contributed by atoms with Crippen LogP contribution in [0, 0.1) is 11.3 Å². The zero-order valence-electron chi connectivity index (χ0n) is 16.8. The topological polar surface area (TPSA) is 49.8 Å². The van der Waals surface area contributed by atoms with Crippen molar-refractivity contribution in [1.29, 1.82) is 0 Å². The lowest BCUT2D eigenvalue weighted by molar-refractivity contribution is -0.145. The zero-order chi connectivity index (χ0) is 18.4. The highest BCUT2D eigenvalue weighted by molar-refractivity contribution is 5.69. The largest absolute Gasteiger partial charge is 0.466 e. The highest BCUT2D eigenvalue weighted by Gasteiger charge is 2.18. The molecule has 0 radical (unpaired) electrons. The SMILES string of the molecule is CCCCN(CCCO)CCCCOC(=O)CC(C)CC(C)(C)C. The number of aliphatic hydroxyl groups excluding tert-OH is 1. The average molecular weight is 344 g/mol. The van der Waals surface area contributed by atoms with E-state index in [0.717, 1.165) is 45.3 Å². The Morgan fingerprint density at radius 3 is 2.29 bits per heavy atom. The lowest BCUT2D eigenvalue weighted by Gasteiger charge is -2.22. The molecule has 0 amide bonds. The molecule has 144 valence electrons. The number of nitrogens with zero attached hydrogens (tertiary/aromatic N) is 1. The van der Waals surface area contributed by atoms with Gasteiger partial charge in [0.15, 0.2) is 0 Å². The molecule has 0 aliphatic rings. The third kappa shape index (κ3) is 14.9. The van der Waals surface area contributed by atoms with E-state index in [1.54, 1.807) is 0 Å². The predicted octanol–water partition coefficient (Wildman–Crippen LogP) is 4.26. The summed E-state index contributed by atoms with van der Waals surface area (Å²) in [6.45, 7) is 14.8. The summed E-state index contributed by atoms with van der Waals surface area (Å²) in [6, 6.07) is 0. The van der Waals surface area contributed by atoms with E-state index in [2.05, 4.69) is 39.5 Å². The molecule has 24 heavy (non-hydrogen) atoms. The van der Waals surface area contributed by atoms with Crippen LogP contribution in [0.1, 0.15) is 79.6 Å². The van der Waals surface area contributed by atoms with Gasteiger partial charge in [-0.1, -0.05) is 41.0 Å². The Bertz CT molecular complexity index is 304. The fourth-order valence-corrected chi connectivity index (χ4v) is 3.10. The number of aliphatic hydroxyl groups is 1. The van der Waals surface area contributed by atoms with Crippen molar-refractivity contribution in [1.82, 2.24) is 4.90 Å². The van der Waals surface area contributed by atoms with Gasteiger partial charge in [-0.05, 0) is 56.5 Å². The van der Waals surface area contributed by atoms with Crippen LogP contribution in [0.15, 0.2) is 0 Å². The van der Waals surface area contributed by atoms with Gasteiger partial charge in [0.25, 0.3) is 0 Å². The summed E-state index contributed by atoms with van der Waals surface area (Å²) in [5.74, 6) is 0.315. The first-order valence-corrected chi connectivity index (χ1v) is 9.77. The molecule has 0 aliphatic carbocycles. The maximum atomic E-state index is 11.9. The van der Waals surface area contributed by atoms with E-state index in [4.69, 9.17) is 9.84 Å². The fourth-order valence-electron chi connectivity index (χ4n) is 3.10. The van der Waals surface area contributed by atoms with E-state index in [1.165, 1.54) is 12.8 Å². The first-order chi connectivity index (χ1) is 11.3. The monoisotopic (exact) mass is 343 g/mol. The van der Waals surface area contributed by atoms with Crippen molar-refractivity contribution < 1.29 is 14.6 Å². The van der Waals surface area contributed by atoms with Gasteiger partial charge in [0.2, 0.25) is 0 Å². The Hall–Kier alpha value is -0.610. The van der Waals surface area contributed by atoms with Gasteiger partial charge in [0, 0.05) is 19.6 Å². The van der Waals surface area contributed by atoms with Crippen molar-refractivity contribution >= 4 is 5.97 Å². The lowest BCUT2D eigenvalue weighted by atomic mass is 9.84. The average Bonchev–Trinajstić information content (AvgIpc) is 2.46. The highest BCUT2D eigenvalue weighted by Crippen LogP contribution is 2.26. The minimum Gasteiger partial charge on any atom is -0.466 e. The van der Waals surface area contributed by atoms with Crippen LogP contribution in [0.25, 0.3) is 0 Å². The molecule has 0 fully saturated rings. The van der Waals surface area contributed by atoms with E-state index in [0.29, 0.717) is 18.9 Å². The maximum absolute atomic E-state index is 11.9. The Morgan fingerprint density at radius 2 is 1.71 bits per heavy atom. The summed E-state index contributed by atoms with van der Waals surface area (Å²) >= 11 is 0. The van der Waals surface area contributed by atoms with Gasteiger partial charge < -0.3 is 14.7 Å². The predicted molar refractivity (Wildman–Crippen MR) is 101 cm³/mol. The van der Waals surface area contributed by atoms with Gasteiger partial charge in [0.1, 0.15) is 0 Å². The molecule has 0 aromatic rings. The van der Waals surface area contributed by atoms with Crippen LogP contribution >= 0.6 is 0 Å². The van der Waals surface area contributed by atoms with Gasteiger partial charge >= 0.3 is 5.97 Å². The van der Waals surface area contributed by atoms with E-state index in [-0.39, 0.29) is 18.0 Å².